The van der Waals surface area contributed by atoms with Crippen molar-refractivity contribution in [3.63, 3.8) is 0 Å². The standard InChI is InChI=1S/C24H27N3O5/c1-15(2)18-11-22(28)27(23(29)12-18)19-5-7-21(25-13-19)32-24(30)26-9-8-16-10-20(31-3)6-4-17(16)14-26/h4-7,10,13,15,18H,8-9,11-12,14H2,1-3H3. The number of hydrogen-bond acceptors (Lipinski definition) is 6. The Kier molecular flexibility index (Phi) is 6.12. The van der Waals surface area contributed by atoms with Gasteiger partial charge in [-0.05, 0) is 47.6 Å². The number of benzene rings is 1. The lowest BCUT2D eigenvalue weighted by Crippen LogP contribution is -2.44. The molecule has 2 aromatic rings. The molecule has 32 heavy (non-hydrogen) atoms. The van der Waals surface area contributed by atoms with E-state index in [0.29, 0.717) is 38.0 Å². The van der Waals surface area contributed by atoms with Crippen LogP contribution in [0.3, 0.4) is 0 Å². The molecule has 8 heteroatoms. The number of carbonyl (C=O) groups is 3. The molecule has 8 nitrogen and oxygen atoms in total. The highest BCUT2D eigenvalue weighted by Crippen LogP contribution is 2.30. The summed E-state index contributed by atoms with van der Waals surface area (Å²) in [6.45, 7) is 5.02. The van der Waals surface area contributed by atoms with Crippen molar-refractivity contribution in [3.05, 3.63) is 47.7 Å². The van der Waals surface area contributed by atoms with E-state index in [4.69, 9.17) is 9.47 Å². The van der Waals surface area contributed by atoms with E-state index in [-0.39, 0.29) is 29.5 Å². The number of imide groups is 1. The first-order chi connectivity index (χ1) is 15.4. The lowest BCUT2D eigenvalue weighted by Gasteiger charge is -2.31. The fourth-order valence-corrected chi connectivity index (χ4v) is 4.13. The molecule has 0 spiro atoms. The van der Waals surface area contributed by atoms with Crippen molar-refractivity contribution >= 4 is 23.6 Å². The Morgan fingerprint density at radius 2 is 1.84 bits per heavy atom. The van der Waals surface area contributed by atoms with Crippen LogP contribution in [0.1, 0.15) is 37.8 Å². The summed E-state index contributed by atoms with van der Waals surface area (Å²) >= 11 is 0. The molecule has 0 unspecified atom stereocenters. The smallest absolute Gasteiger partial charge is 0.416 e. The minimum atomic E-state index is -0.489. The minimum Gasteiger partial charge on any atom is -0.497 e. The van der Waals surface area contributed by atoms with Crippen molar-refractivity contribution in [2.24, 2.45) is 11.8 Å². The topological polar surface area (TPSA) is 89.0 Å². The van der Waals surface area contributed by atoms with Crippen molar-refractivity contribution in [2.45, 2.75) is 39.7 Å². The fraction of sp³-hybridized carbons (Fsp3) is 0.417. The summed E-state index contributed by atoms with van der Waals surface area (Å²) in [4.78, 5) is 44.6. The van der Waals surface area contributed by atoms with Gasteiger partial charge in [-0.15, -0.1) is 0 Å². The third-order valence-electron chi connectivity index (χ3n) is 6.17. The van der Waals surface area contributed by atoms with Gasteiger partial charge in [0.15, 0.2) is 0 Å². The first-order valence-corrected chi connectivity index (χ1v) is 10.8. The van der Waals surface area contributed by atoms with E-state index in [9.17, 15) is 14.4 Å². The van der Waals surface area contributed by atoms with E-state index >= 15 is 0 Å². The van der Waals surface area contributed by atoms with Gasteiger partial charge in [0.1, 0.15) is 5.75 Å². The Morgan fingerprint density at radius 1 is 1.09 bits per heavy atom. The van der Waals surface area contributed by atoms with Gasteiger partial charge >= 0.3 is 6.09 Å². The molecule has 1 aromatic carbocycles. The van der Waals surface area contributed by atoms with Crippen molar-refractivity contribution in [1.29, 1.82) is 0 Å². The monoisotopic (exact) mass is 437 g/mol. The van der Waals surface area contributed by atoms with Crippen molar-refractivity contribution in [1.82, 2.24) is 9.88 Å². The van der Waals surface area contributed by atoms with E-state index in [1.165, 1.54) is 17.2 Å². The molecule has 168 valence electrons. The number of piperidine rings is 1. The maximum absolute atomic E-state index is 12.6. The lowest BCUT2D eigenvalue weighted by atomic mass is 9.86. The van der Waals surface area contributed by atoms with Crippen LogP contribution in [0.15, 0.2) is 36.5 Å². The highest BCUT2D eigenvalue weighted by Gasteiger charge is 2.35. The van der Waals surface area contributed by atoms with Gasteiger partial charge < -0.3 is 14.4 Å². The van der Waals surface area contributed by atoms with Crippen LogP contribution < -0.4 is 14.4 Å². The Labute approximate surface area is 187 Å². The molecule has 0 atom stereocenters. The normalized spacial score (nSPS) is 16.9. The highest BCUT2D eigenvalue weighted by atomic mass is 16.6. The lowest BCUT2D eigenvalue weighted by molar-refractivity contribution is -0.131. The number of fused-ring (bicyclic) bond motifs is 1. The summed E-state index contributed by atoms with van der Waals surface area (Å²) in [7, 11) is 1.63. The number of amides is 3. The van der Waals surface area contributed by atoms with Crippen LogP contribution in [0.4, 0.5) is 10.5 Å². The Bertz CT molecular complexity index is 1020. The summed E-state index contributed by atoms with van der Waals surface area (Å²) in [6.07, 6.45) is 2.29. The zero-order chi connectivity index (χ0) is 22.8. The Hall–Kier alpha value is -3.42. The molecule has 0 saturated carbocycles. The largest absolute Gasteiger partial charge is 0.497 e. The molecule has 1 aromatic heterocycles. The van der Waals surface area contributed by atoms with Gasteiger partial charge in [-0.2, -0.15) is 0 Å². The Balaban J connectivity index is 1.39. The van der Waals surface area contributed by atoms with Crippen molar-refractivity contribution < 1.29 is 23.9 Å². The number of pyridine rings is 1. The van der Waals surface area contributed by atoms with Crippen LogP contribution in [-0.4, -0.2) is 41.4 Å². The number of hydrogen-bond donors (Lipinski definition) is 0. The van der Waals surface area contributed by atoms with E-state index in [1.54, 1.807) is 18.1 Å². The molecule has 1 saturated heterocycles. The van der Waals surface area contributed by atoms with Gasteiger partial charge in [0.2, 0.25) is 17.7 Å². The summed E-state index contributed by atoms with van der Waals surface area (Å²) in [6, 6.07) is 8.91. The molecule has 0 aliphatic carbocycles. The van der Waals surface area contributed by atoms with Crippen LogP contribution in [-0.2, 0) is 22.6 Å². The SMILES string of the molecule is COc1ccc2c(c1)CCN(C(=O)Oc1ccc(N3C(=O)CC(C(C)C)CC3=O)cn1)C2. The summed E-state index contributed by atoms with van der Waals surface area (Å²) < 4.78 is 10.7. The van der Waals surface area contributed by atoms with E-state index < -0.39 is 6.09 Å². The average molecular weight is 437 g/mol. The van der Waals surface area contributed by atoms with Gasteiger partial charge in [-0.1, -0.05) is 19.9 Å². The van der Waals surface area contributed by atoms with E-state index in [2.05, 4.69) is 4.98 Å². The van der Waals surface area contributed by atoms with E-state index in [1.807, 2.05) is 32.0 Å². The van der Waals surface area contributed by atoms with Crippen LogP contribution in [0.2, 0.25) is 0 Å². The number of aromatic nitrogens is 1. The predicted octanol–water partition coefficient (Wildman–Crippen LogP) is 3.57. The number of rotatable bonds is 4. The molecule has 2 aliphatic rings. The molecule has 3 heterocycles. The van der Waals surface area contributed by atoms with Crippen LogP contribution >= 0.6 is 0 Å². The second-order valence-electron chi connectivity index (χ2n) is 8.56. The maximum Gasteiger partial charge on any atom is 0.416 e. The number of carbonyl (C=O) groups excluding carboxylic acids is 3. The predicted molar refractivity (Wildman–Crippen MR) is 117 cm³/mol. The second-order valence-corrected chi connectivity index (χ2v) is 8.56. The molecule has 1 fully saturated rings. The summed E-state index contributed by atoms with van der Waals surface area (Å²) in [5.74, 6) is 0.805. The molecular weight excluding hydrogens is 410 g/mol. The van der Waals surface area contributed by atoms with Crippen LogP contribution in [0, 0.1) is 11.8 Å². The number of nitrogens with zero attached hydrogens (tertiary/aromatic N) is 3. The molecular formula is C24H27N3O5. The number of ether oxygens (including phenoxy) is 2. The van der Waals surface area contributed by atoms with Gasteiger partial charge in [0.05, 0.1) is 19.0 Å². The average Bonchev–Trinajstić information content (AvgIpc) is 2.78. The zero-order valence-electron chi connectivity index (χ0n) is 18.5. The highest BCUT2D eigenvalue weighted by molar-refractivity contribution is 6.16. The first kappa shape index (κ1) is 21.8. The number of anilines is 1. The Morgan fingerprint density at radius 3 is 2.47 bits per heavy atom. The number of methoxy groups -OCH3 is 1. The molecule has 0 bridgehead atoms. The molecule has 0 radical (unpaired) electrons. The third-order valence-corrected chi connectivity index (χ3v) is 6.17. The van der Waals surface area contributed by atoms with Crippen LogP contribution in [0.5, 0.6) is 11.6 Å². The molecule has 2 aliphatic heterocycles. The van der Waals surface area contributed by atoms with Crippen LogP contribution in [0.25, 0.3) is 0 Å². The van der Waals surface area contributed by atoms with Gasteiger partial charge in [0.25, 0.3) is 0 Å². The van der Waals surface area contributed by atoms with Gasteiger partial charge in [-0.3, -0.25) is 9.59 Å². The minimum absolute atomic E-state index is 0.0650. The summed E-state index contributed by atoms with van der Waals surface area (Å²) in [5.41, 5.74) is 2.61. The first-order valence-electron chi connectivity index (χ1n) is 10.8. The molecule has 0 N–H and O–H groups in total. The fourth-order valence-electron chi connectivity index (χ4n) is 4.13. The maximum atomic E-state index is 12.6. The second kappa shape index (κ2) is 8.98. The molecule has 4 rings (SSSR count). The van der Waals surface area contributed by atoms with Crippen molar-refractivity contribution in [2.75, 3.05) is 18.6 Å². The quantitative estimate of drug-likeness (QED) is 0.680. The van der Waals surface area contributed by atoms with Gasteiger partial charge in [-0.25, -0.2) is 14.7 Å². The third kappa shape index (κ3) is 4.44. The van der Waals surface area contributed by atoms with E-state index in [0.717, 1.165) is 16.9 Å². The van der Waals surface area contributed by atoms with Gasteiger partial charge in [0, 0.05) is 32.0 Å². The summed E-state index contributed by atoms with van der Waals surface area (Å²) in [5, 5.41) is 0. The zero-order valence-corrected chi connectivity index (χ0v) is 18.5. The van der Waals surface area contributed by atoms with Crippen molar-refractivity contribution in [3.8, 4) is 11.6 Å². The molecule has 3 amide bonds.